The summed E-state index contributed by atoms with van der Waals surface area (Å²) in [4.78, 5) is 0. The van der Waals surface area contributed by atoms with Crippen molar-refractivity contribution in [2.45, 2.75) is 110 Å². The molecular weight excluding hydrogens is 332 g/mol. The largest absolute Gasteiger partial charge is 0.500 e. The fraction of sp³-hybridized carbons (Fsp3) is 1.00. The summed E-state index contributed by atoms with van der Waals surface area (Å²) in [6.07, 6.45) is 11.6. The highest BCUT2D eigenvalue weighted by Crippen LogP contribution is 2.42. The molecule has 0 bridgehead atoms. The first-order valence-corrected chi connectivity index (χ1v) is 12.7. The van der Waals surface area contributed by atoms with Gasteiger partial charge in [0.15, 0.2) is 0 Å². The fourth-order valence-corrected chi connectivity index (χ4v) is 6.30. The average molecular weight is 373 g/mol. The van der Waals surface area contributed by atoms with E-state index in [1.807, 2.05) is 0 Å². The Labute approximate surface area is 156 Å². The summed E-state index contributed by atoms with van der Waals surface area (Å²) < 4.78 is 25.2. The van der Waals surface area contributed by atoms with Crippen LogP contribution in [0.2, 0.25) is 6.04 Å². The SMILES string of the molecule is CCCCO[Si](CC)(OCCCC)OC(CCC)C1CCC2OC2C1. The van der Waals surface area contributed by atoms with Gasteiger partial charge in [0, 0.05) is 19.3 Å². The highest BCUT2D eigenvalue weighted by atomic mass is 28.4. The van der Waals surface area contributed by atoms with Gasteiger partial charge < -0.3 is 18.0 Å². The second-order valence-corrected chi connectivity index (χ2v) is 10.6. The van der Waals surface area contributed by atoms with E-state index in [0.29, 0.717) is 18.1 Å². The van der Waals surface area contributed by atoms with Crippen LogP contribution >= 0.6 is 0 Å². The molecule has 25 heavy (non-hydrogen) atoms. The lowest BCUT2D eigenvalue weighted by Gasteiger charge is -2.37. The van der Waals surface area contributed by atoms with E-state index in [4.69, 9.17) is 18.0 Å². The van der Waals surface area contributed by atoms with Crippen molar-refractivity contribution in [3.8, 4) is 0 Å². The molecule has 1 saturated carbocycles. The molecule has 2 aliphatic rings. The van der Waals surface area contributed by atoms with Gasteiger partial charge in [-0.2, -0.15) is 0 Å². The number of unbranched alkanes of at least 4 members (excludes halogenated alkanes) is 2. The van der Waals surface area contributed by atoms with Gasteiger partial charge in [-0.1, -0.05) is 47.0 Å². The molecule has 2 rings (SSSR count). The molecule has 1 aliphatic heterocycles. The minimum Gasteiger partial charge on any atom is -0.373 e. The van der Waals surface area contributed by atoms with Crippen LogP contribution < -0.4 is 0 Å². The normalized spacial score (nSPS) is 27.1. The van der Waals surface area contributed by atoms with Gasteiger partial charge in [0.2, 0.25) is 0 Å². The summed E-state index contributed by atoms with van der Waals surface area (Å²) >= 11 is 0. The lowest BCUT2D eigenvalue weighted by Crippen LogP contribution is -2.50. The molecule has 0 amide bonds. The molecule has 0 spiro atoms. The van der Waals surface area contributed by atoms with Gasteiger partial charge in [0.05, 0.1) is 18.3 Å². The standard InChI is InChI=1S/C20H40O4Si/c1-5-9-14-21-25(8-4,22-15-10-6-2)24-18(11-7-3)17-12-13-19-20(16-17)23-19/h17-20H,5-16H2,1-4H3. The zero-order valence-electron chi connectivity index (χ0n) is 16.9. The number of epoxide rings is 1. The monoisotopic (exact) mass is 372 g/mol. The van der Waals surface area contributed by atoms with E-state index in [2.05, 4.69) is 27.7 Å². The minimum absolute atomic E-state index is 0.269. The highest BCUT2D eigenvalue weighted by Gasteiger charge is 2.48. The van der Waals surface area contributed by atoms with Crippen LogP contribution in [-0.2, 0) is 18.0 Å². The molecule has 4 atom stereocenters. The minimum atomic E-state index is -2.58. The molecule has 2 fully saturated rings. The van der Waals surface area contributed by atoms with Gasteiger partial charge in [0.1, 0.15) is 0 Å². The van der Waals surface area contributed by atoms with E-state index in [0.717, 1.165) is 64.2 Å². The van der Waals surface area contributed by atoms with E-state index in [1.54, 1.807) is 0 Å². The molecule has 1 heterocycles. The topological polar surface area (TPSA) is 40.2 Å². The van der Waals surface area contributed by atoms with Gasteiger partial charge in [-0.3, -0.25) is 0 Å². The first-order chi connectivity index (χ1) is 12.2. The number of rotatable bonds is 14. The average Bonchev–Trinajstić information content (AvgIpc) is 3.40. The molecule has 0 N–H and O–H groups in total. The predicted octanol–water partition coefficient (Wildman–Crippen LogP) is 5.33. The Morgan fingerprint density at radius 1 is 0.920 bits per heavy atom. The maximum atomic E-state index is 6.77. The molecule has 0 radical (unpaired) electrons. The van der Waals surface area contributed by atoms with Crippen LogP contribution in [0.4, 0.5) is 0 Å². The molecule has 4 unspecified atom stereocenters. The van der Waals surface area contributed by atoms with E-state index in [1.165, 1.54) is 12.8 Å². The summed E-state index contributed by atoms with van der Waals surface area (Å²) in [7, 11) is -2.58. The van der Waals surface area contributed by atoms with Gasteiger partial charge in [-0.15, -0.1) is 0 Å². The highest BCUT2D eigenvalue weighted by molar-refractivity contribution is 6.60. The molecule has 0 aromatic heterocycles. The van der Waals surface area contributed by atoms with Gasteiger partial charge >= 0.3 is 8.80 Å². The van der Waals surface area contributed by atoms with Crippen LogP contribution in [0.25, 0.3) is 0 Å². The summed E-state index contributed by atoms with van der Waals surface area (Å²) in [6, 6.07) is 0.871. The Kier molecular flexibility index (Phi) is 9.42. The number of fused-ring (bicyclic) bond motifs is 1. The van der Waals surface area contributed by atoms with Crippen molar-refractivity contribution in [3.63, 3.8) is 0 Å². The fourth-order valence-electron chi connectivity index (χ4n) is 3.82. The van der Waals surface area contributed by atoms with Gasteiger partial charge in [0.25, 0.3) is 0 Å². The third-order valence-electron chi connectivity index (χ3n) is 5.55. The Balaban J connectivity index is 2.00. The molecule has 1 saturated heterocycles. The van der Waals surface area contributed by atoms with Crippen molar-refractivity contribution < 1.29 is 18.0 Å². The van der Waals surface area contributed by atoms with Crippen LogP contribution in [0.15, 0.2) is 0 Å². The second kappa shape index (κ2) is 11.0. The number of ether oxygens (including phenoxy) is 1. The Morgan fingerprint density at radius 2 is 1.60 bits per heavy atom. The lowest BCUT2D eigenvalue weighted by molar-refractivity contribution is -0.00522. The van der Waals surface area contributed by atoms with E-state index < -0.39 is 8.80 Å². The van der Waals surface area contributed by atoms with Crippen molar-refractivity contribution >= 4 is 8.80 Å². The first-order valence-electron chi connectivity index (χ1n) is 10.8. The van der Waals surface area contributed by atoms with Crippen molar-refractivity contribution in [3.05, 3.63) is 0 Å². The number of hydrogen-bond donors (Lipinski definition) is 0. The van der Waals surface area contributed by atoms with Gasteiger partial charge in [-0.05, 0) is 44.4 Å². The zero-order valence-corrected chi connectivity index (χ0v) is 17.9. The lowest BCUT2D eigenvalue weighted by atomic mass is 9.84. The molecule has 5 heteroatoms. The summed E-state index contributed by atoms with van der Waals surface area (Å²) in [5, 5.41) is 0. The Hall–Kier alpha value is 0.0569. The van der Waals surface area contributed by atoms with Crippen molar-refractivity contribution in [1.82, 2.24) is 0 Å². The first kappa shape index (κ1) is 21.4. The number of hydrogen-bond acceptors (Lipinski definition) is 4. The molecule has 0 aromatic carbocycles. The van der Waals surface area contributed by atoms with E-state index >= 15 is 0 Å². The summed E-state index contributed by atoms with van der Waals surface area (Å²) in [6.45, 7) is 10.4. The van der Waals surface area contributed by atoms with Crippen molar-refractivity contribution in [1.29, 1.82) is 0 Å². The zero-order chi connectivity index (χ0) is 18.1. The quantitative estimate of drug-likeness (QED) is 0.235. The molecule has 4 nitrogen and oxygen atoms in total. The second-order valence-electron chi connectivity index (χ2n) is 7.67. The van der Waals surface area contributed by atoms with Crippen LogP contribution in [0.1, 0.15) is 85.5 Å². The maximum absolute atomic E-state index is 6.77. The smallest absolute Gasteiger partial charge is 0.373 e. The van der Waals surface area contributed by atoms with Crippen LogP contribution in [0.3, 0.4) is 0 Å². The maximum Gasteiger partial charge on any atom is 0.500 e. The van der Waals surface area contributed by atoms with Crippen LogP contribution in [-0.4, -0.2) is 40.3 Å². The summed E-state index contributed by atoms with van der Waals surface area (Å²) in [5.41, 5.74) is 0. The van der Waals surface area contributed by atoms with Gasteiger partial charge in [-0.25, -0.2) is 0 Å². The van der Waals surface area contributed by atoms with Crippen LogP contribution in [0.5, 0.6) is 0 Å². The molecule has 1 aliphatic carbocycles. The molecule has 148 valence electrons. The Bertz CT molecular complexity index is 356. The molecular formula is C20H40O4Si. The Morgan fingerprint density at radius 3 is 2.12 bits per heavy atom. The van der Waals surface area contributed by atoms with Crippen molar-refractivity contribution in [2.75, 3.05) is 13.2 Å². The third-order valence-corrected chi connectivity index (χ3v) is 8.36. The predicted molar refractivity (Wildman–Crippen MR) is 104 cm³/mol. The third kappa shape index (κ3) is 6.62. The van der Waals surface area contributed by atoms with Crippen molar-refractivity contribution in [2.24, 2.45) is 5.92 Å². The summed E-state index contributed by atoms with van der Waals surface area (Å²) in [5.74, 6) is 0.603. The van der Waals surface area contributed by atoms with Crippen LogP contribution in [0, 0.1) is 5.92 Å². The van der Waals surface area contributed by atoms with E-state index in [9.17, 15) is 0 Å². The van der Waals surface area contributed by atoms with E-state index in [-0.39, 0.29) is 6.10 Å². The molecule has 0 aromatic rings.